The van der Waals surface area contributed by atoms with Crippen molar-refractivity contribution in [1.29, 1.82) is 5.41 Å². The lowest BCUT2D eigenvalue weighted by Crippen LogP contribution is -2.29. The Labute approximate surface area is 262 Å². The summed E-state index contributed by atoms with van der Waals surface area (Å²) < 4.78 is 38.1. The van der Waals surface area contributed by atoms with Gasteiger partial charge in [0.05, 0.1) is 32.6 Å². The van der Waals surface area contributed by atoms with E-state index in [2.05, 4.69) is 5.32 Å². The fraction of sp³-hybridized carbons (Fsp3) is 0.100. The molecule has 0 atom stereocenters. The van der Waals surface area contributed by atoms with E-state index in [0.717, 1.165) is 21.8 Å². The Kier molecular flexibility index (Phi) is 9.89. The van der Waals surface area contributed by atoms with Crippen LogP contribution in [0, 0.1) is 5.41 Å². The molecular formula is C30H22ClF3N4O6S. The van der Waals surface area contributed by atoms with Gasteiger partial charge >= 0.3 is 12.1 Å². The standard InChI is InChI=1S/C28H21ClN4O4S.C2HF3O2/c29-23-11-10-22(38-23)26(34)32-21-9-3-8-20-24(21)28(36)33(27(20)35)14-16-4-2-7-19(13-16)37-15-17-5-1-6-18(12-17)25(30)31;3-2(4,5)1(6)7/h1-13H,14-15H2,(H3,30,31)(H,32,34);(H,6,7). The van der Waals surface area contributed by atoms with E-state index in [1.807, 2.05) is 6.07 Å². The molecule has 15 heteroatoms. The summed E-state index contributed by atoms with van der Waals surface area (Å²) in [5.74, 6) is -3.55. The SMILES string of the molecule is N=C(N)c1cccc(COc2cccc(CN3C(=O)c4cccc(NC(=O)c5ccc(Cl)s5)c4C3=O)c2)c1.O=C(O)C(F)(F)F. The number of hydrogen-bond acceptors (Lipinski definition) is 7. The van der Waals surface area contributed by atoms with E-state index in [9.17, 15) is 27.6 Å². The van der Waals surface area contributed by atoms with Crippen molar-refractivity contribution in [3.05, 3.63) is 116 Å². The molecule has 5 rings (SSSR count). The van der Waals surface area contributed by atoms with Gasteiger partial charge in [-0.25, -0.2) is 4.79 Å². The molecule has 4 aromatic rings. The second-order valence-corrected chi connectivity index (χ2v) is 11.1. The number of nitrogens with one attached hydrogen (secondary N) is 2. The molecule has 0 unspecified atom stereocenters. The van der Waals surface area contributed by atoms with Crippen molar-refractivity contribution in [2.75, 3.05) is 5.32 Å². The molecule has 0 saturated heterocycles. The first-order chi connectivity index (χ1) is 21.2. The highest BCUT2D eigenvalue weighted by Gasteiger charge is 2.39. The zero-order valence-electron chi connectivity index (χ0n) is 22.9. The minimum atomic E-state index is -5.08. The molecule has 1 aliphatic heterocycles. The first-order valence-electron chi connectivity index (χ1n) is 12.8. The average Bonchev–Trinajstić information content (AvgIpc) is 3.54. The van der Waals surface area contributed by atoms with Crippen molar-refractivity contribution in [2.45, 2.75) is 19.3 Å². The quantitative estimate of drug-likeness (QED) is 0.103. The molecule has 1 aromatic heterocycles. The lowest BCUT2D eigenvalue weighted by Gasteiger charge is -2.15. The summed E-state index contributed by atoms with van der Waals surface area (Å²) in [6, 6.07) is 22.4. The van der Waals surface area contributed by atoms with Crippen LogP contribution < -0.4 is 15.8 Å². The number of hydrogen-bond donors (Lipinski definition) is 4. The minimum absolute atomic E-state index is 0.0200. The maximum Gasteiger partial charge on any atom is 0.490 e. The lowest BCUT2D eigenvalue weighted by atomic mass is 10.1. The molecule has 0 spiro atoms. The first-order valence-corrected chi connectivity index (χ1v) is 13.9. The third-order valence-corrected chi connectivity index (χ3v) is 7.40. The fourth-order valence-electron chi connectivity index (χ4n) is 4.11. The molecule has 5 N–H and O–H groups in total. The number of rotatable bonds is 8. The third-order valence-electron chi connectivity index (χ3n) is 6.17. The van der Waals surface area contributed by atoms with Crippen molar-refractivity contribution >= 4 is 58.2 Å². The number of halogens is 4. The van der Waals surface area contributed by atoms with Crippen LogP contribution in [-0.4, -0.2) is 45.7 Å². The maximum atomic E-state index is 13.3. The number of amidine groups is 1. The lowest BCUT2D eigenvalue weighted by molar-refractivity contribution is -0.192. The van der Waals surface area contributed by atoms with Crippen molar-refractivity contribution < 1.29 is 42.2 Å². The van der Waals surface area contributed by atoms with Gasteiger partial charge in [-0.15, -0.1) is 11.3 Å². The smallest absolute Gasteiger partial charge is 0.489 e. The van der Waals surface area contributed by atoms with Crippen molar-refractivity contribution in [1.82, 2.24) is 4.90 Å². The number of fused-ring (bicyclic) bond motifs is 1. The summed E-state index contributed by atoms with van der Waals surface area (Å²) in [7, 11) is 0. The molecule has 1 aliphatic rings. The van der Waals surface area contributed by atoms with Gasteiger partial charge < -0.3 is 20.9 Å². The van der Waals surface area contributed by atoms with Gasteiger partial charge in [0, 0.05) is 5.56 Å². The van der Waals surface area contributed by atoms with Gasteiger partial charge in [0.15, 0.2) is 0 Å². The largest absolute Gasteiger partial charge is 0.490 e. The Morgan fingerprint density at radius 3 is 2.29 bits per heavy atom. The highest BCUT2D eigenvalue weighted by atomic mass is 35.5. The number of benzene rings is 3. The number of carbonyl (C=O) groups is 4. The van der Waals surface area contributed by atoms with Gasteiger partial charge in [-0.2, -0.15) is 13.2 Å². The van der Waals surface area contributed by atoms with Crippen molar-refractivity contribution in [3.63, 3.8) is 0 Å². The number of carboxylic acids is 1. The molecule has 3 aromatic carbocycles. The van der Waals surface area contributed by atoms with Crippen LogP contribution in [0.3, 0.4) is 0 Å². The molecule has 0 radical (unpaired) electrons. The molecule has 10 nitrogen and oxygen atoms in total. The van der Waals surface area contributed by atoms with E-state index in [-0.39, 0.29) is 35.8 Å². The van der Waals surface area contributed by atoms with E-state index in [1.54, 1.807) is 72.8 Å². The number of anilines is 1. The van der Waals surface area contributed by atoms with Crippen LogP contribution in [0.1, 0.15) is 47.1 Å². The van der Waals surface area contributed by atoms with Gasteiger partial charge in [0.1, 0.15) is 18.2 Å². The molecule has 232 valence electrons. The van der Waals surface area contributed by atoms with Crippen LogP contribution >= 0.6 is 22.9 Å². The number of carbonyl (C=O) groups excluding carboxylic acids is 3. The second kappa shape index (κ2) is 13.6. The summed E-state index contributed by atoms with van der Waals surface area (Å²) in [5, 5.41) is 17.4. The summed E-state index contributed by atoms with van der Waals surface area (Å²) in [5.41, 5.74) is 8.38. The minimum Gasteiger partial charge on any atom is -0.489 e. The predicted molar refractivity (Wildman–Crippen MR) is 160 cm³/mol. The highest BCUT2D eigenvalue weighted by molar-refractivity contribution is 7.18. The molecule has 45 heavy (non-hydrogen) atoms. The van der Waals surface area contributed by atoms with Crippen LogP contribution in [-0.2, 0) is 17.9 Å². The number of imide groups is 1. The van der Waals surface area contributed by atoms with Gasteiger partial charge in [-0.05, 0) is 53.6 Å². The van der Waals surface area contributed by atoms with Gasteiger partial charge in [-0.1, -0.05) is 48.0 Å². The first kappa shape index (κ1) is 32.7. The molecule has 3 amide bonds. The molecular weight excluding hydrogens is 637 g/mol. The molecule has 0 saturated carbocycles. The Hall–Kier alpha value is -5.21. The van der Waals surface area contributed by atoms with Crippen molar-refractivity contribution in [3.8, 4) is 5.75 Å². The summed E-state index contributed by atoms with van der Waals surface area (Å²) in [6.07, 6.45) is -5.08. The number of ether oxygens (including phenoxy) is 1. The van der Waals surface area contributed by atoms with Crippen LogP contribution in [0.25, 0.3) is 0 Å². The Balaban J connectivity index is 0.000000591. The Morgan fingerprint density at radius 2 is 1.64 bits per heavy atom. The fourth-order valence-corrected chi connectivity index (χ4v) is 5.05. The van der Waals surface area contributed by atoms with E-state index < -0.39 is 29.9 Å². The number of amides is 3. The molecule has 0 fully saturated rings. The Morgan fingerprint density at radius 1 is 0.978 bits per heavy atom. The van der Waals surface area contributed by atoms with E-state index in [0.29, 0.717) is 26.1 Å². The molecule has 0 aliphatic carbocycles. The number of nitrogens with two attached hydrogens (primary N) is 1. The average molecular weight is 659 g/mol. The number of nitrogens with zero attached hydrogens (tertiary/aromatic N) is 1. The summed E-state index contributed by atoms with van der Waals surface area (Å²) >= 11 is 7.05. The van der Waals surface area contributed by atoms with Gasteiger partial charge in [0.2, 0.25) is 0 Å². The number of thiophene rings is 1. The van der Waals surface area contributed by atoms with Crippen LogP contribution in [0.5, 0.6) is 5.75 Å². The zero-order chi connectivity index (χ0) is 32.9. The molecule has 0 bridgehead atoms. The number of alkyl halides is 3. The normalized spacial score (nSPS) is 12.2. The number of aliphatic carboxylic acids is 1. The summed E-state index contributed by atoms with van der Waals surface area (Å²) in [6.45, 7) is 0.299. The zero-order valence-corrected chi connectivity index (χ0v) is 24.4. The van der Waals surface area contributed by atoms with Crippen LogP contribution in [0.15, 0.2) is 78.9 Å². The van der Waals surface area contributed by atoms with Crippen molar-refractivity contribution in [2.24, 2.45) is 5.73 Å². The third kappa shape index (κ3) is 8.04. The Bertz CT molecular complexity index is 1810. The van der Waals surface area contributed by atoms with E-state index in [4.69, 9.17) is 37.4 Å². The van der Waals surface area contributed by atoms with E-state index >= 15 is 0 Å². The molecule has 2 heterocycles. The predicted octanol–water partition coefficient (Wildman–Crippen LogP) is 5.95. The number of carboxylic acid groups (broad SMARTS) is 1. The second-order valence-electron chi connectivity index (χ2n) is 9.34. The highest BCUT2D eigenvalue weighted by Crippen LogP contribution is 2.32. The topological polar surface area (TPSA) is 163 Å². The van der Waals surface area contributed by atoms with Crippen LogP contribution in [0.4, 0.5) is 18.9 Å². The van der Waals surface area contributed by atoms with Crippen LogP contribution in [0.2, 0.25) is 4.34 Å². The van der Waals surface area contributed by atoms with Gasteiger partial charge in [0.25, 0.3) is 17.7 Å². The monoisotopic (exact) mass is 658 g/mol. The van der Waals surface area contributed by atoms with E-state index in [1.165, 1.54) is 0 Å². The van der Waals surface area contributed by atoms with Gasteiger partial charge in [-0.3, -0.25) is 24.7 Å². The number of nitrogen functional groups attached to an aromatic ring is 1. The maximum absolute atomic E-state index is 13.3. The summed E-state index contributed by atoms with van der Waals surface area (Å²) in [4.78, 5) is 49.5.